The second-order valence-corrected chi connectivity index (χ2v) is 3.51. The van der Waals surface area contributed by atoms with Crippen molar-refractivity contribution in [1.29, 1.82) is 0 Å². The third-order valence-electron chi connectivity index (χ3n) is 1.71. The van der Waals surface area contributed by atoms with Crippen LogP contribution in [0.4, 0.5) is 0 Å². The molecule has 0 heterocycles. The van der Waals surface area contributed by atoms with Gasteiger partial charge in [0.05, 0.1) is 48.1 Å². The number of halogens is 1. The van der Waals surface area contributed by atoms with E-state index in [1.807, 2.05) is 0 Å². The first-order chi connectivity index (χ1) is 6.24. The molecule has 0 aliphatic heterocycles. The van der Waals surface area contributed by atoms with Crippen molar-refractivity contribution in [3.63, 3.8) is 0 Å². The fourth-order valence-electron chi connectivity index (χ4n) is 1.28. The summed E-state index contributed by atoms with van der Waals surface area (Å²) >= 11 is 2.93. The maximum Gasteiger partial charge on any atom is 0.0988 e. The monoisotopic (exact) mass is 256 g/mol. The molecule has 0 fully saturated rings. The summed E-state index contributed by atoms with van der Waals surface area (Å²) in [6, 6.07) is 0. The molecule has 0 saturated carbocycles. The molecule has 13 heavy (non-hydrogen) atoms. The zero-order valence-corrected chi connectivity index (χ0v) is 9.93. The van der Waals surface area contributed by atoms with Gasteiger partial charge in [-0.2, -0.15) is 0 Å². The molecule has 80 valence electrons. The minimum atomic E-state index is -0.234. The highest BCUT2D eigenvalue weighted by Crippen LogP contribution is 2.20. The summed E-state index contributed by atoms with van der Waals surface area (Å²) < 4.78 is 20.2. The van der Waals surface area contributed by atoms with Crippen molar-refractivity contribution < 1.29 is 18.0 Å². The molecule has 0 rings (SSSR count). The van der Waals surface area contributed by atoms with Gasteiger partial charge in [-0.05, 0) is 0 Å². The van der Waals surface area contributed by atoms with Gasteiger partial charge < -0.3 is 18.0 Å². The second kappa shape index (κ2) is 7.70. The second-order valence-electron chi connectivity index (χ2n) is 3.05. The molecule has 4 nitrogen and oxygen atoms in total. The van der Waals surface area contributed by atoms with E-state index < -0.39 is 0 Å². The summed E-state index contributed by atoms with van der Waals surface area (Å²) in [6.07, 6.45) is 0. The fraction of sp³-hybridized carbons (Fsp3) is 1.00. The lowest BCUT2D eigenvalue weighted by atomic mass is 9.92. The van der Waals surface area contributed by atoms with E-state index in [1.165, 1.54) is 0 Å². The van der Waals surface area contributed by atoms with Gasteiger partial charge in [0, 0.05) is 21.3 Å². The molecular formula is C8H17BrO4. The Morgan fingerprint density at radius 1 is 0.846 bits per heavy atom. The molecule has 0 aromatic carbocycles. The molecule has 0 saturated heterocycles. The standard InChI is InChI=1S/C8H17BrO4/c1-10-4-8(5-11-2,6-12-3)7-13-9/h4-7H2,1-3H3. The molecule has 0 bridgehead atoms. The number of ether oxygens (including phenoxy) is 3. The van der Waals surface area contributed by atoms with E-state index >= 15 is 0 Å². The lowest BCUT2D eigenvalue weighted by Crippen LogP contribution is -2.40. The zero-order valence-electron chi connectivity index (χ0n) is 8.34. The molecule has 0 aromatic heterocycles. The summed E-state index contributed by atoms with van der Waals surface area (Å²) in [4.78, 5) is 0. The molecule has 0 unspecified atom stereocenters. The smallest absolute Gasteiger partial charge is 0.0988 e. The topological polar surface area (TPSA) is 36.9 Å². The Kier molecular flexibility index (Phi) is 7.89. The molecule has 0 aliphatic carbocycles. The summed E-state index contributed by atoms with van der Waals surface area (Å²) in [7, 11) is 4.94. The first kappa shape index (κ1) is 13.3. The highest BCUT2D eigenvalue weighted by atomic mass is 79.9. The molecule has 0 aromatic rings. The molecule has 5 heteroatoms. The Morgan fingerprint density at radius 2 is 1.23 bits per heavy atom. The van der Waals surface area contributed by atoms with Gasteiger partial charge in [-0.15, -0.1) is 0 Å². The number of hydrogen-bond acceptors (Lipinski definition) is 4. The van der Waals surface area contributed by atoms with Crippen LogP contribution in [0.15, 0.2) is 0 Å². The van der Waals surface area contributed by atoms with Crippen LogP contribution in [0.3, 0.4) is 0 Å². The van der Waals surface area contributed by atoms with Crippen LogP contribution >= 0.6 is 16.3 Å². The minimum Gasteiger partial charge on any atom is -0.384 e. The van der Waals surface area contributed by atoms with Gasteiger partial charge in [0.15, 0.2) is 0 Å². The molecule has 0 atom stereocenters. The van der Waals surface area contributed by atoms with E-state index in [4.69, 9.17) is 18.0 Å². The summed E-state index contributed by atoms with van der Waals surface area (Å²) in [5.74, 6) is 0. The van der Waals surface area contributed by atoms with Crippen LogP contribution in [0.25, 0.3) is 0 Å². The van der Waals surface area contributed by atoms with Gasteiger partial charge in [0.2, 0.25) is 0 Å². The van der Waals surface area contributed by atoms with Crippen molar-refractivity contribution in [3.05, 3.63) is 0 Å². The zero-order chi connectivity index (χ0) is 10.2. The van der Waals surface area contributed by atoms with E-state index in [1.54, 1.807) is 21.3 Å². The van der Waals surface area contributed by atoms with E-state index in [9.17, 15) is 0 Å². The van der Waals surface area contributed by atoms with Crippen LogP contribution < -0.4 is 0 Å². The SMILES string of the molecule is COCC(COC)(COC)COBr. The summed E-state index contributed by atoms with van der Waals surface area (Å²) in [5, 5.41) is 0. The predicted octanol–water partition coefficient (Wildman–Crippen LogP) is 1.24. The van der Waals surface area contributed by atoms with Crippen LogP contribution in [0.1, 0.15) is 0 Å². The van der Waals surface area contributed by atoms with Crippen molar-refractivity contribution in [2.24, 2.45) is 5.41 Å². The maximum absolute atomic E-state index is 5.10. The molecule has 0 spiro atoms. The van der Waals surface area contributed by atoms with Crippen molar-refractivity contribution in [2.75, 3.05) is 47.8 Å². The van der Waals surface area contributed by atoms with Crippen molar-refractivity contribution >= 4 is 16.3 Å². The Morgan fingerprint density at radius 3 is 1.46 bits per heavy atom. The third kappa shape index (κ3) is 4.93. The Hall–Kier alpha value is 0.320. The maximum atomic E-state index is 5.10. The van der Waals surface area contributed by atoms with Gasteiger partial charge in [-0.25, -0.2) is 0 Å². The van der Waals surface area contributed by atoms with Crippen LogP contribution in [-0.4, -0.2) is 47.8 Å². The third-order valence-corrected chi connectivity index (χ3v) is 1.94. The lowest BCUT2D eigenvalue weighted by molar-refractivity contribution is -0.0568. The average Bonchev–Trinajstić information content (AvgIpc) is 2.06. The Labute approximate surface area is 87.9 Å². The molecule has 0 N–H and O–H groups in total. The lowest BCUT2D eigenvalue weighted by Gasteiger charge is -2.30. The van der Waals surface area contributed by atoms with Crippen molar-refractivity contribution in [3.8, 4) is 0 Å². The summed E-state index contributed by atoms with van der Waals surface area (Å²) in [6.45, 7) is 2.11. The quantitative estimate of drug-likeness (QED) is 0.655. The summed E-state index contributed by atoms with van der Waals surface area (Å²) in [5.41, 5.74) is -0.234. The van der Waals surface area contributed by atoms with E-state index in [0.717, 1.165) is 0 Å². The first-order valence-electron chi connectivity index (χ1n) is 3.95. The van der Waals surface area contributed by atoms with Gasteiger partial charge in [-0.1, -0.05) is 0 Å². The number of methoxy groups -OCH3 is 3. The number of rotatable bonds is 8. The van der Waals surface area contributed by atoms with Crippen LogP contribution in [-0.2, 0) is 18.0 Å². The van der Waals surface area contributed by atoms with Crippen LogP contribution in [0, 0.1) is 5.41 Å². The fourth-order valence-corrected chi connectivity index (χ4v) is 1.77. The van der Waals surface area contributed by atoms with Crippen molar-refractivity contribution in [1.82, 2.24) is 0 Å². The van der Waals surface area contributed by atoms with E-state index in [0.29, 0.717) is 26.4 Å². The number of hydrogen-bond donors (Lipinski definition) is 0. The van der Waals surface area contributed by atoms with E-state index in [2.05, 4.69) is 16.3 Å². The van der Waals surface area contributed by atoms with Crippen molar-refractivity contribution in [2.45, 2.75) is 0 Å². The molecule has 0 radical (unpaired) electrons. The van der Waals surface area contributed by atoms with Gasteiger partial charge >= 0.3 is 0 Å². The molecular weight excluding hydrogens is 240 g/mol. The highest BCUT2D eigenvalue weighted by Gasteiger charge is 2.31. The normalized spacial score (nSPS) is 12.0. The van der Waals surface area contributed by atoms with Gasteiger partial charge in [-0.3, -0.25) is 0 Å². The Bertz CT molecular complexity index is 91.2. The van der Waals surface area contributed by atoms with Crippen LogP contribution in [0.5, 0.6) is 0 Å². The highest BCUT2D eigenvalue weighted by molar-refractivity contribution is 9.06. The van der Waals surface area contributed by atoms with E-state index in [-0.39, 0.29) is 5.41 Å². The largest absolute Gasteiger partial charge is 0.384 e. The van der Waals surface area contributed by atoms with Gasteiger partial charge in [0.1, 0.15) is 0 Å². The van der Waals surface area contributed by atoms with Crippen LogP contribution in [0.2, 0.25) is 0 Å². The minimum absolute atomic E-state index is 0.234. The molecule has 0 amide bonds. The predicted molar refractivity (Wildman–Crippen MR) is 52.9 cm³/mol. The van der Waals surface area contributed by atoms with Gasteiger partial charge in [0.25, 0.3) is 0 Å². The first-order valence-corrected chi connectivity index (χ1v) is 4.60. The molecule has 0 aliphatic rings. The average molecular weight is 257 g/mol. The Balaban J connectivity index is 4.19.